The average Bonchev–Trinajstić information content (AvgIpc) is 2.88. The van der Waals surface area contributed by atoms with Crippen LogP contribution in [0.5, 0.6) is 0 Å². The third kappa shape index (κ3) is 3.75. The zero-order chi connectivity index (χ0) is 15.8. The van der Waals surface area contributed by atoms with Crippen LogP contribution in [-0.2, 0) is 18.9 Å². The molecule has 0 radical (unpaired) electrons. The van der Waals surface area contributed by atoms with E-state index in [1.807, 2.05) is 0 Å². The highest BCUT2D eigenvalue weighted by molar-refractivity contribution is 4.98. The van der Waals surface area contributed by atoms with Crippen LogP contribution in [0.4, 0.5) is 0 Å². The molecule has 21 heavy (non-hydrogen) atoms. The Kier molecular flexibility index (Phi) is 4.64. The van der Waals surface area contributed by atoms with Gasteiger partial charge < -0.3 is 29.2 Å². The van der Waals surface area contributed by atoms with E-state index in [0.29, 0.717) is 0 Å². The Labute approximate surface area is 125 Å². The average molecular weight is 300 g/mol. The fourth-order valence-corrected chi connectivity index (χ4v) is 2.71. The van der Waals surface area contributed by atoms with Crippen LogP contribution in [-0.4, -0.2) is 58.9 Å². The molecule has 0 aromatic rings. The van der Waals surface area contributed by atoms with Crippen molar-refractivity contribution in [1.29, 1.82) is 0 Å². The lowest BCUT2D eigenvalue weighted by atomic mass is 9.98. The molecule has 0 unspecified atom stereocenters. The molecule has 6 heteroatoms. The molecule has 0 amide bonds. The lowest BCUT2D eigenvalue weighted by Gasteiger charge is -2.28. The number of hydrogen-bond acceptors (Lipinski definition) is 6. The van der Waals surface area contributed by atoms with Crippen molar-refractivity contribution in [2.75, 3.05) is 6.61 Å². The third-order valence-corrected chi connectivity index (χ3v) is 3.62. The highest BCUT2D eigenvalue weighted by Crippen LogP contribution is 2.35. The molecule has 2 heterocycles. The molecule has 2 rings (SSSR count). The quantitative estimate of drug-likeness (QED) is 0.732. The van der Waals surface area contributed by atoms with Gasteiger partial charge in [-0.25, -0.2) is 0 Å². The maximum atomic E-state index is 10.5. The first-order chi connectivity index (χ1) is 9.65. The Hall–Kier alpha value is -0.680. The standard InChI is InChI=1S/C15H24O6/c1-6-7-9(16)12-13(21-15(4,5)20-12)11(17)10-8-18-14(2,3)19-10/h1,9-13,16-17H,7-8H2,2-5H3/t9-,10+,11+,12+,13-/m0/s1. The molecule has 2 aliphatic heterocycles. The molecule has 0 aromatic heterocycles. The topological polar surface area (TPSA) is 77.4 Å². The molecule has 2 fully saturated rings. The Morgan fingerprint density at radius 3 is 2.24 bits per heavy atom. The minimum atomic E-state index is -0.981. The Morgan fingerprint density at radius 2 is 1.71 bits per heavy atom. The van der Waals surface area contributed by atoms with Crippen LogP contribution < -0.4 is 0 Å². The summed E-state index contributed by atoms with van der Waals surface area (Å²) in [5, 5.41) is 20.6. The normalized spacial score (nSPS) is 37.1. The van der Waals surface area contributed by atoms with Crippen molar-refractivity contribution in [3.63, 3.8) is 0 Å². The SMILES string of the molecule is C#CC[C@H](O)[C@H]1OC(C)(C)O[C@H]1[C@H](O)[C@H]1COC(C)(C)O1. The zero-order valence-electron chi connectivity index (χ0n) is 12.9. The van der Waals surface area contributed by atoms with Crippen molar-refractivity contribution in [1.82, 2.24) is 0 Å². The monoisotopic (exact) mass is 300 g/mol. The first-order valence-corrected chi connectivity index (χ1v) is 7.12. The summed E-state index contributed by atoms with van der Waals surface area (Å²) in [6, 6.07) is 0. The summed E-state index contributed by atoms with van der Waals surface area (Å²) in [6.45, 7) is 7.27. The second-order valence-corrected chi connectivity index (χ2v) is 6.40. The van der Waals surface area contributed by atoms with E-state index in [4.69, 9.17) is 25.4 Å². The van der Waals surface area contributed by atoms with Crippen molar-refractivity contribution < 1.29 is 29.2 Å². The number of ether oxygens (including phenoxy) is 4. The second kappa shape index (κ2) is 5.84. The van der Waals surface area contributed by atoms with Crippen LogP contribution in [0.1, 0.15) is 34.1 Å². The number of terminal acetylenes is 1. The van der Waals surface area contributed by atoms with Crippen LogP contribution >= 0.6 is 0 Å². The van der Waals surface area contributed by atoms with Gasteiger partial charge in [-0.3, -0.25) is 0 Å². The van der Waals surface area contributed by atoms with Gasteiger partial charge in [-0.05, 0) is 27.7 Å². The van der Waals surface area contributed by atoms with Crippen LogP contribution in [0, 0.1) is 12.3 Å². The highest BCUT2D eigenvalue weighted by atomic mass is 16.8. The number of rotatable bonds is 4. The molecule has 0 saturated carbocycles. The van der Waals surface area contributed by atoms with E-state index in [1.165, 1.54) is 0 Å². The number of hydrogen-bond donors (Lipinski definition) is 2. The van der Waals surface area contributed by atoms with Crippen molar-refractivity contribution in [2.45, 2.75) is 76.2 Å². The minimum Gasteiger partial charge on any atom is -0.389 e. The van der Waals surface area contributed by atoms with Crippen LogP contribution in [0.3, 0.4) is 0 Å². The number of aliphatic hydroxyl groups excluding tert-OH is 2. The lowest BCUT2D eigenvalue weighted by molar-refractivity contribution is -0.179. The minimum absolute atomic E-state index is 0.126. The summed E-state index contributed by atoms with van der Waals surface area (Å²) in [4.78, 5) is 0. The molecule has 6 nitrogen and oxygen atoms in total. The largest absolute Gasteiger partial charge is 0.389 e. The molecule has 2 N–H and O–H groups in total. The van der Waals surface area contributed by atoms with E-state index in [1.54, 1.807) is 27.7 Å². The van der Waals surface area contributed by atoms with E-state index in [0.717, 1.165) is 0 Å². The van der Waals surface area contributed by atoms with E-state index in [2.05, 4.69) is 5.92 Å². The van der Waals surface area contributed by atoms with Crippen molar-refractivity contribution >= 4 is 0 Å². The summed E-state index contributed by atoms with van der Waals surface area (Å²) in [7, 11) is 0. The van der Waals surface area contributed by atoms with Crippen LogP contribution in [0.2, 0.25) is 0 Å². The van der Waals surface area contributed by atoms with E-state index >= 15 is 0 Å². The van der Waals surface area contributed by atoms with Gasteiger partial charge >= 0.3 is 0 Å². The molecule has 2 aliphatic rings. The highest BCUT2D eigenvalue weighted by Gasteiger charge is 2.51. The van der Waals surface area contributed by atoms with Gasteiger partial charge in [0.05, 0.1) is 12.7 Å². The molecular formula is C15H24O6. The predicted octanol–water partition coefficient (Wildman–Crippen LogP) is 0.403. The summed E-state index contributed by atoms with van der Waals surface area (Å²) in [5.74, 6) is 0.746. The van der Waals surface area contributed by atoms with Gasteiger partial charge in [0, 0.05) is 6.42 Å². The molecule has 5 atom stereocenters. The van der Waals surface area contributed by atoms with Gasteiger partial charge in [0.2, 0.25) is 0 Å². The Balaban J connectivity index is 2.10. The predicted molar refractivity (Wildman–Crippen MR) is 74.2 cm³/mol. The first kappa shape index (κ1) is 16.7. The molecule has 0 bridgehead atoms. The molecule has 120 valence electrons. The van der Waals surface area contributed by atoms with E-state index in [9.17, 15) is 10.2 Å². The van der Waals surface area contributed by atoms with Crippen molar-refractivity contribution in [3.05, 3.63) is 0 Å². The summed E-state index contributed by atoms with van der Waals surface area (Å²) in [5.41, 5.74) is 0. The van der Waals surface area contributed by atoms with E-state index in [-0.39, 0.29) is 13.0 Å². The first-order valence-electron chi connectivity index (χ1n) is 7.12. The summed E-state index contributed by atoms with van der Waals surface area (Å²) in [6.07, 6.45) is 1.49. The number of aliphatic hydroxyl groups is 2. The molecule has 0 aromatic carbocycles. The summed E-state index contributed by atoms with van der Waals surface area (Å²) >= 11 is 0. The maximum absolute atomic E-state index is 10.5. The van der Waals surface area contributed by atoms with Crippen molar-refractivity contribution in [3.8, 4) is 12.3 Å². The molecule has 2 saturated heterocycles. The van der Waals surface area contributed by atoms with Crippen LogP contribution in [0.25, 0.3) is 0 Å². The van der Waals surface area contributed by atoms with Gasteiger partial charge in [0.25, 0.3) is 0 Å². The molecular weight excluding hydrogens is 276 g/mol. The maximum Gasteiger partial charge on any atom is 0.164 e. The van der Waals surface area contributed by atoms with E-state index < -0.39 is 42.1 Å². The van der Waals surface area contributed by atoms with Gasteiger partial charge in [-0.1, -0.05) is 0 Å². The third-order valence-electron chi connectivity index (χ3n) is 3.62. The van der Waals surface area contributed by atoms with Crippen molar-refractivity contribution in [2.24, 2.45) is 0 Å². The van der Waals surface area contributed by atoms with Crippen LogP contribution in [0.15, 0.2) is 0 Å². The molecule has 0 aliphatic carbocycles. The fraction of sp³-hybridized carbons (Fsp3) is 0.867. The smallest absolute Gasteiger partial charge is 0.164 e. The van der Waals surface area contributed by atoms with Gasteiger partial charge in [-0.15, -0.1) is 12.3 Å². The summed E-state index contributed by atoms with van der Waals surface area (Å²) < 4.78 is 22.5. The lowest BCUT2D eigenvalue weighted by Crippen LogP contribution is -2.48. The van der Waals surface area contributed by atoms with Gasteiger partial charge in [0.15, 0.2) is 11.6 Å². The molecule has 0 spiro atoms. The zero-order valence-corrected chi connectivity index (χ0v) is 12.9. The van der Waals surface area contributed by atoms with Gasteiger partial charge in [0.1, 0.15) is 24.4 Å². The van der Waals surface area contributed by atoms with Gasteiger partial charge in [-0.2, -0.15) is 0 Å². The fourth-order valence-electron chi connectivity index (χ4n) is 2.71. The second-order valence-electron chi connectivity index (χ2n) is 6.40. The Morgan fingerprint density at radius 1 is 1.10 bits per heavy atom. The Bertz CT molecular complexity index is 413.